The molecule has 0 aliphatic carbocycles. The van der Waals surface area contributed by atoms with Gasteiger partial charge in [-0.1, -0.05) is 12.1 Å². The predicted octanol–water partition coefficient (Wildman–Crippen LogP) is 1.37. The molecule has 1 aromatic rings. The summed E-state index contributed by atoms with van der Waals surface area (Å²) in [6.45, 7) is 2.72. The number of hydrazone groups is 1. The van der Waals surface area contributed by atoms with Crippen LogP contribution in [0.4, 0.5) is 5.69 Å². The third-order valence-electron chi connectivity index (χ3n) is 3.00. The topological polar surface area (TPSA) is 70.7 Å². The van der Waals surface area contributed by atoms with Gasteiger partial charge in [-0.15, -0.1) is 0 Å². The lowest BCUT2D eigenvalue weighted by atomic mass is 10.0. The molecule has 1 aliphatic rings. The van der Waals surface area contributed by atoms with Crippen molar-refractivity contribution in [3.8, 4) is 0 Å². The van der Waals surface area contributed by atoms with Gasteiger partial charge in [0.15, 0.2) is 5.11 Å². The van der Waals surface area contributed by atoms with E-state index in [4.69, 9.17) is 18.0 Å². The molecule has 0 unspecified atom stereocenters. The zero-order valence-electron chi connectivity index (χ0n) is 10.7. The van der Waals surface area contributed by atoms with E-state index in [1.807, 2.05) is 36.1 Å². The standard InChI is InChI=1S/C13H16N4OS/c1-2-17(13(14)19)10-5-3-9(4-6-10)11-7-8-12(18)16-15-11/h3-6H,2,7-8H2,1H3,(H2,14,19)(H,16,18). The van der Waals surface area contributed by atoms with E-state index in [0.29, 0.717) is 18.0 Å². The van der Waals surface area contributed by atoms with E-state index >= 15 is 0 Å². The lowest BCUT2D eigenvalue weighted by Gasteiger charge is -2.21. The van der Waals surface area contributed by atoms with Gasteiger partial charge in [0.1, 0.15) is 0 Å². The number of amides is 1. The van der Waals surface area contributed by atoms with Crippen molar-refractivity contribution in [1.29, 1.82) is 0 Å². The highest BCUT2D eigenvalue weighted by Gasteiger charge is 2.13. The van der Waals surface area contributed by atoms with Crippen LogP contribution >= 0.6 is 12.2 Å². The van der Waals surface area contributed by atoms with Crippen molar-refractivity contribution in [2.45, 2.75) is 19.8 Å². The Morgan fingerprint density at radius 2 is 2.11 bits per heavy atom. The number of thiocarbonyl (C=S) groups is 1. The number of hydrogen-bond donors (Lipinski definition) is 2. The Morgan fingerprint density at radius 3 is 2.58 bits per heavy atom. The largest absolute Gasteiger partial charge is 0.376 e. The molecule has 0 fully saturated rings. The Hall–Kier alpha value is -1.95. The summed E-state index contributed by atoms with van der Waals surface area (Å²) in [5.74, 6) is -0.0361. The van der Waals surface area contributed by atoms with E-state index < -0.39 is 0 Å². The highest BCUT2D eigenvalue weighted by Crippen LogP contribution is 2.17. The average Bonchev–Trinajstić information content (AvgIpc) is 2.41. The van der Waals surface area contributed by atoms with E-state index in [1.165, 1.54) is 0 Å². The van der Waals surface area contributed by atoms with E-state index in [9.17, 15) is 4.79 Å². The van der Waals surface area contributed by atoms with Gasteiger partial charge in [-0.25, -0.2) is 5.43 Å². The fraction of sp³-hybridized carbons (Fsp3) is 0.308. The van der Waals surface area contributed by atoms with Crippen LogP contribution in [-0.4, -0.2) is 23.3 Å². The minimum Gasteiger partial charge on any atom is -0.376 e. The van der Waals surface area contributed by atoms with Crippen LogP contribution < -0.4 is 16.1 Å². The minimum absolute atomic E-state index is 0.0361. The molecule has 0 atom stereocenters. The third kappa shape index (κ3) is 3.08. The second kappa shape index (κ2) is 5.79. The summed E-state index contributed by atoms with van der Waals surface area (Å²) in [6.07, 6.45) is 1.15. The Labute approximate surface area is 117 Å². The van der Waals surface area contributed by atoms with Crippen LogP contribution in [0.25, 0.3) is 0 Å². The van der Waals surface area contributed by atoms with Gasteiger partial charge < -0.3 is 10.6 Å². The van der Waals surface area contributed by atoms with Crippen molar-refractivity contribution in [3.63, 3.8) is 0 Å². The average molecular weight is 276 g/mol. The maximum absolute atomic E-state index is 11.0. The van der Waals surface area contributed by atoms with E-state index in [0.717, 1.165) is 23.5 Å². The van der Waals surface area contributed by atoms with E-state index in [-0.39, 0.29) is 5.91 Å². The number of benzene rings is 1. The Bertz CT molecular complexity index is 524. The molecule has 1 aliphatic heterocycles. The molecule has 0 saturated carbocycles. The lowest BCUT2D eigenvalue weighted by molar-refractivity contribution is -0.121. The molecule has 5 nitrogen and oxygen atoms in total. The van der Waals surface area contributed by atoms with Gasteiger partial charge in [-0.3, -0.25) is 4.79 Å². The van der Waals surface area contributed by atoms with Crippen LogP contribution in [0.3, 0.4) is 0 Å². The number of carbonyl (C=O) groups excluding carboxylic acids is 1. The molecule has 1 heterocycles. The second-order valence-corrected chi connectivity index (χ2v) is 4.64. The number of anilines is 1. The van der Waals surface area contributed by atoms with Crippen molar-refractivity contribution in [2.75, 3.05) is 11.4 Å². The molecule has 1 aromatic carbocycles. The summed E-state index contributed by atoms with van der Waals surface area (Å²) in [6, 6.07) is 7.84. The van der Waals surface area contributed by atoms with Crippen molar-refractivity contribution in [3.05, 3.63) is 29.8 Å². The number of rotatable bonds is 3. The Morgan fingerprint density at radius 1 is 1.42 bits per heavy atom. The molecule has 6 heteroatoms. The smallest absolute Gasteiger partial charge is 0.240 e. The molecule has 0 aromatic heterocycles. The summed E-state index contributed by atoms with van der Waals surface area (Å²) in [5, 5.41) is 4.42. The molecule has 0 bridgehead atoms. The molecule has 19 heavy (non-hydrogen) atoms. The Balaban J connectivity index is 2.19. The van der Waals surface area contributed by atoms with Gasteiger partial charge >= 0.3 is 0 Å². The first-order valence-corrected chi connectivity index (χ1v) is 6.55. The predicted molar refractivity (Wildman–Crippen MR) is 80.2 cm³/mol. The minimum atomic E-state index is -0.0361. The van der Waals surface area contributed by atoms with Gasteiger partial charge in [0.25, 0.3) is 0 Å². The molecular weight excluding hydrogens is 260 g/mol. The molecule has 2 rings (SSSR count). The highest BCUT2D eigenvalue weighted by atomic mass is 32.1. The second-order valence-electron chi connectivity index (χ2n) is 4.22. The van der Waals surface area contributed by atoms with E-state index in [2.05, 4.69) is 10.5 Å². The van der Waals surface area contributed by atoms with Crippen molar-refractivity contribution >= 4 is 34.6 Å². The summed E-state index contributed by atoms with van der Waals surface area (Å²) < 4.78 is 0. The van der Waals surface area contributed by atoms with Crippen LogP contribution in [-0.2, 0) is 4.79 Å². The molecule has 0 radical (unpaired) electrons. The van der Waals surface area contributed by atoms with Crippen LogP contribution in [0.2, 0.25) is 0 Å². The van der Waals surface area contributed by atoms with E-state index in [1.54, 1.807) is 0 Å². The van der Waals surface area contributed by atoms with Crippen LogP contribution in [0.5, 0.6) is 0 Å². The zero-order valence-corrected chi connectivity index (χ0v) is 11.5. The first-order chi connectivity index (χ1) is 9.11. The van der Waals surface area contributed by atoms with Gasteiger partial charge in [-0.2, -0.15) is 5.10 Å². The molecule has 0 spiro atoms. The number of carbonyl (C=O) groups is 1. The highest BCUT2D eigenvalue weighted by molar-refractivity contribution is 7.80. The quantitative estimate of drug-likeness (QED) is 0.818. The summed E-state index contributed by atoms with van der Waals surface area (Å²) in [7, 11) is 0. The van der Waals surface area contributed by atoms with Gasteiger partial charge in [-0.05, 0) is 36.8 Å². The number of hydrogen-bond acceptors (Lipinski definition) is 3. The first-order valence-electron chi connectivity index (χ1n) is 6.14. The number of nitrogens with two attached hydrogens (primary N) is 1. The molecule has 1 amide bonds. The zero-order chi connectivity index (χ0) is 13.8. The molecule has 0 saturated heterocycles. The normalized spacial score (nSPS) is 14.6. The van der Waals surface area contributed by atoms with Crippen LogP contribution in [0, 0.1) is 0 Å². The van der Waals surface area contributed by atoms with Crippen molar-refractivity contribution in [1.82, 2.24) is 5.43 Å². The number of nitrogens with zero attached hydrogens (tertiary/aromatic N) is 2. The van der Waals surface area contributed by atoms with Crippen LogP contribution in [0.15, 0.2) is 29.4 Å². The first kappa shape index (κ1) is 13.5. The van der Waals surface area contributed by atoms with Crippen molar-refractivity contribution in [2.24, 2.45) is 10.8 Å². The van der Waals surface area contributed by atoms with Gasteiger partial charge in [0.2, 0.25) is 5.91 Å². The number of nitrogens with one attached hydrogen (secondary N) is 1. The Kier molecular flexibility index (Phi) is 4.11. The summed E-state index contributed by atoms with van der Waals surface area (Å²) in [5.41, 5.74) is 11.0. The lowest BCUT2D eigenvalue weighted by Crippen LogP contribution is -2.35. The van der Waals surface area contributed by atoms with Crippen LogP contribution in [0.1, 0.15) is 25.3 Å². The SMILES string of the molecule is CCN(C(N)=S)c1ccc(C2=NNC(=O)CC2)cc1. The maximum Gasteiger partial charge on any atom is 0.240 e. The fourth-order valence-corrected chi connectivity index (χ4v) is 2.22. The summed E-state index contributed by atoms with van der Waals surface area (Å²) >= 11 is 5.00. The maximum atomic E-state index is 11.0. The monoisotopic (exact) mass is 276 g/mol. The molecular formula is C13H16N4OS. The van der Waals surface area contributed by atoms with Gasteiger partial charge in [0, 0.05) is 25.1 Å². The fourth-order valence-electron chi connectivity index (χ4n) is 1.98. The third-order valence-corrected chi connectivity index (χ3v) is 3.22. The summed E-state index contributed by atoms with van der Waals surface area (Å²) in [4.78, 5) is 12.9. The molecule has 100 valence electrons. The molecule has 3 N–H and O–H groups in total. The van der Waals surface area contributed by atoms with Gasteiger partial charge in [0.05, 0.1) is 5.71 Å². The van der Waals surface area contributed by atoms with Crippen molar-refractivity contribution < 1.29 is 4.79 Å².